The van der Waals surface area contributed by atoms with Gasteiger partial charge in [0.1, 0.15) is 12.0 Å². The Kier molecular flexibility index (Phi) is 1.89. The fourth-order valence-electron chi connectivity index (χ4n) is 1.27. The molecule has 0 fully saturated rings. The van der Waals surface area contributed by atoms with Crippen molar-refractivity contribution in [3.63, 3.8) is 0 Å². The number of benzene rings is 1. The number of H-pyrrole nitrogens is 1. The Labute approximate surface area is 79.6 Å². The van der Waals surface area contributed by atoms with Crippen molar-refractivity contribution >= 4 is 17.3 Å². The lowest BCUT2D eigenvalue weighted by Crippen LogP contribution is -2.11. The number of nitrogens with one attached hydrogen (secondary N) is 1. The highest BCUT2D eigenvalue weighted by atomic mass is 16.1. The van der Waals surface area contributed by atoms with Crippen LogP contribution in [-0.2, 0) is 0 Å². The van der Waals surface area contributed by atoms with E-state index in [2.05, 4.69) is 9.97 Å². The molecule has 0 aliphatic carbocycles. The van der Waals surface area contributed by atoms with Gasteiger partial charge in [0.15, 0.2) is 0 Å². The SMILES string of the molecule is Cc1nc2ccc(C=O)cc2[nH]c1=O. The molecule has 0 aliphatic heterocycles. The largest absolute Gasteiger partial charge is 0.319 e. The Balaban J connectivity index is 2.83. The summed E-state index contributed by atoms with van der Waals surface area (Å²) in [4.78, 5) is 28.5. The zero-order valence-corrected chi connectivity index (χ0v) is 7.57. The number of aryl methyl sites for hydroxylation is 1. The molecule has 70 valence electrons. The Morgan fingerprint density at radius 2 is 2.21 bits per heavy atom. The molecule has 0 amide bonds. The molecule has 0 unspecified atom stereocenters. The van der Waals surface area contributed by atoms with Crippen LogP contribution in [0.2, 0.25) is 0 Å². The number of aldehydes is 1. The molecule has 0 spiro atoms. The molecule has 4 nitrogen and oxygen atoms in total. The van der Waals surface area contributed by atoms with E-state index in [1.807, 2.05) is 0 Å². The molecule has 1 N–H and O–H groups in total. The Hall–Kier alpha value is -1.97. The summed E-state index contributed by atoms with van der Waals surface area (Å²) < 4.78 is 0. The highest BCUT2D eigenvalue weighted by molar-refractivity contribution is 5.84. The average molecular weight is 188 g/mol. The first-order valence-corrected chi connectivity index (χ1v) is 4.16. The molecule has 0 bridgehead atoms. The maximum absolute atomic E-state index is 11.2. The van der Waals surface area contributed by atoms with Crippen LogP contribution < -0.4 is 5.56 Å². The summed E-state index contributed by atoms with van der Waals surface area (Å²) in [6.45, 7) is 1.64. The molecule has 0 saturated heterocycles. The summed E-state index contributed by atoms with van der Waals surface area (Å²) in [5, 5.41) is 0. The number of carbonyl (C=O) groups excluding carboxylic acids is 1. The van der Waals surface area contributed by atoms with Gasteiger partial charge in [-0.25, -0.2) is 4.98 Å². The minimum Gasteiger partial charge on any atom is -0.319 e. The van der Waals surface area contributed by atoms with Crippen molar-refractivity contribution < 1.29 is 4.79 Å². The van der Waals surface area contributed by atoms with E-state index in [1.165, 1.54) is 0 Å². The zero-order chi connectivity index (χ0) is 10.1. The van der Waals surface area contributed by atoms with E-state index in [-0.39, 0.29) is 5.56 Å². The number of hydrogen-bond donors (Lipinski definition) is 1. The highest BCUT2D eigenvalue weighted by Crippen LogP contribution is 2.08. The first-order valence-electron chi connectivity index (χ1n) is 4.16. The van der Waals surface area contributed by atoms with Crippen molar-refractivity contribution in [2.24, 2.45) is 0 Å². The van der Waals surface area contributed by atoms with E-state index < -0.39 is 0 Å². The van der Waals surface area contributed by atoms with E-state index in [9.17, 15) is 9.59 Å². The lowest BCUT2D eigenvalue weighted by molar-refractivity contribution is 0.112. The van der Waals surface area contributed by atoms with Crippen molar-refractivity contribution in [2.75, 3.05) is 0 Å². The smallest absolute Gasteiger partial charge is 0.269 e. The maximum Gasteiger partial charge on any atom is 0.269 e. The lowest BCUT2D eigenvalue weighted by atomic mass is 10.2. The van der Waals surface area contributed by atoms with E-state index in [4.69, 9.17) is 0 Å². The lowest BCUT2D eigenvalue weighted by Gasteiger charge is -1.98. The third-order valence-corrected chi connectivity index (χ3v) is 2.02. The van der Waals surface area contributed by atoms with Gasteiger partial charge in [-0.3, -0.25) is 9.59 Å². The Bertz CT molecular complexity index is 558. The van der Waals surface area contributed by atoms with Gasteiger partial charge in [-0.05, 0) is 25.1 Å². The summed E-state index contributed by atoms with van der Waals surface area (Å²) >= 11 is 0. The second-order valence-electron chi connectivity index (χ2n) is 3.05. The quantitative estimate of drug-likeness (QED) is 0.680. The zero-order valence-electron chi connectivity index (χ0n) is 7.57. The van der Waals surface area contributed by atoms with Crippen LogP contribution >= 0.6 is 0 Å². The van der Waals surface area contributed by atoms with Crippen molar-refractivity contribution in [2.45, 2.75) is 6.92 Å². The number of aromatic nitrogens is 2. The molecule has 2 aromatic rings. The molecule has 0 radical (unpaired) electrons. The number of fused-ring (bicyclic) bond motifs is 1. The summed E-state index contributed by atoms with van der Waals surface area (Å²) in [6.07, 6.45) is 0.734. The third-order valence-electron chi connectivity index (χ3n) is 2.02. The van der Waals surface area contributed by atoms with Crippen molar-refractivity contribution in [1.82, 2.24) is 9.97 Å². The molecular formula is C10H8N2O2. The molecule has 0 aliphatic rings. The second kappa shape index (κ2) is 3.06. The fourth-order valence-corrected chi connectivity index (χ4v) is 1.27. The normalized spacial score (nSPS) is 10.4. The highest BCUT2D eigenvalue weighted by Gasteiger charge is 2.00. The molecule has 1 aromatic carbocycles. The van der Waals surface area contributed by atoms with Crippen LogP contribution in [0.25, 0.3) is 11.0 Å². The predicted molar refractivity (Wildman–Crippen MR) is 52.5 cm³/mol. The first-order chi connectivity index (χ1) is 6.70. The van der Waals surface area contributed by atoms with Gasteiger partial charge < -0.3 is 4.98 Å². The minimum atomic E-state index is -0.222. The van der Waals surface area contributed by atoms with Gasteiger partial charge in [-0.15, -0.1) is 0 Å². The van der Waals surface area contributed by atoms with Crippen molar-refractivity contribution in [3.8, 4) is 0 Å². The van der Waals surface area contributed by atoms with Crippen molar-refractivity contribution in [1.29, 1.82) is 0 Å². The standard InChI is InChI=1S/C10H8N2O2/c1-6-10(14)12-9-4-7(5-13)2-3-8(9)11-6/h2-5H,1H3,(H,12,14). The number of carbonyl (C=O) groups is 1. The Morgan fingerprint density at radius 1 is 1.43 bits per heavy atom. The summed E-state index contributed by atoms with van der Waals surface area (Å²) in [5.41, 5.74) is 2.01. The number of rotatable bonds is 1. The van der Waals surface area contributed by atoms with Crippen LogP contribution in [0, 0.1) is 6.92 Å². The average Bonchev–Trinajstić information content (AvgIpc) is 2.19. The molecule has 0 atom stereocenters. The topological polar surface area (TPSA) is 62.8 Å². The van der Waals surface area contributed by atoms with Crippen LogP contribution in [0.5, 0.6) is 0 Å². The predicted octanol–water partition coefficient (Wildman–Crippen LogP) is 1.04. The Morgan fingerprint density at radius 3 is 2.93 bits per heavy atom. The third kappa shape index (κ3) is 1.31. The van der Waals surface area contributed by atoms with Crippen LogP contribution in [0.3, 0.4) is 0 Å². The fraction of sp³-hybridized carbons (Fsp3) is 0.100. The van der Waals surface area contributed by atoms with E-state index in [0.717, 1.165) is 6.29 Å². The molecular weight excluding hydrogens is 180 g/mol. The molecule has 0 saturated carbocycles. The van der Waals surface area contributed by atoms with Crippen LogP contribution in [-0.4, -0.2) is 16.3 Å². The van der Waals surface area contributed by atoms with Gasteiger partial charge in [-0.1, -0.05) is 0 Å². The molecule has 4 heteroatoms. The van der Waals surface area contributed by atoms with E-state index >= 15 is 0 Å². The van der Waals surface area contributed by atoms with Gasteiger partial charge in [0.25, 0.3) is 5.56 Å². The van der Waals surface area contributed by atoms with Crippen LogP contribution in [0.1, 0.15) is 16.1 Å². The number of nitrogens with zero attached hydrogens (tertiary/aromatic N) is 1. The van der Waals surface area contributed by atoms with Crippen LogP contribution in [0.4, 0.5) is 0 Å². The van der Waals surface area contributed by atoms with Crippen molar-refractivity contribution in [3.05, 3.63) is 39.8 Å². The molecule has 2 rings (SSSR count). The molecule has 14 heavy (non-hydrogen) atoms. The van der Waals surface area contributed by atoms with Gasteiger partial charge in [0, 0.05) is 5.56 Å². The second-order valence-corrected chi connectivity index (χ2v) is 3.05. The van der Waals surface area contributed by atoms with Gasteiger partial charge in [-0.2, -0.15) is 0 Å². The summed E-state index contributed by atoms with van der Waals surface area (Å²) in [5.74, 6) is 0. The maximum atomic E-state index is 11.2. The summed E-state index contributed by atoms with van der Waals surface area (Å²) in [6, 6.07) is 4.98. The molecule has 1 heterocycles. The van der Waals surface area contributed by atoms with E-state index in [0.29, 0.717) is 22.3 Å². The minimum absolute atomic E-state index is 0.222. The van der Waals surface area contributed by atoms with Crippen LogP contribution in [0.15, 0.2) is 23.0 Å². The van der Waals surface area contributed by atoms with E-state index in [1.54, 1.807) is 25.1 Å². The summed E-state index contributed by atoms with van der Waals surface area (Å²) in [7, 11) is 0. The first kappa shape index (κ1) is 8.62. The van der Waals surface area contributed by atoms with Gasteiger partial charge in [0.05, 0.1) is 11.0 Å². The molecule has 1 aromatic heterocycles. The van der Waals surface area contributed by atoms with Gasteiger partial charge >= 0.3 is 0 Å². The number of hydrogen-bond acceptors (Lipinski definition) is 3. The number of aromatic amines is 1. The monoisotopic (exact) mass is 188 g/mol. The van der Waals surface area contributed by atoms with Gasteiger partial charge in [0.2, 0.25) is 0 Å².